The number of hydrogen-bond donors (Lipinski definition) is 2. The van der Waals surface area contributed by atoms with Gasteiger partial charge in [-0.15, -0.1) is 0 Å². The van der Waals surface area contributed by atoms with Crippen LogP contribution in [0.3, 0.4) is 0 Å². The molecule has 7 nitrogen and oxygen atoms in total. The Morgan fingerprint density at radius 2 is 1.57 bits per heavy atom. The summed E-state index contributed by atoms with van der Waals surface area (Å²) in [6, 6.07) is 16.8. The van der Waals surface area contributed by atoms with Crippen molar-refractivity contribution in [3.05, 3.63) is 102 Å². The van der Waals surface area contributed by atoms with Crippen LogP contribution in [0.25, 0.3) is 5.69 Å². The van der Waals surface area contributed by atoms with Gasteiger partial charge in [-0.1, -0.05) is 31.9 Å². The number of aryl methyl sites for hydroxylation is 1. The van der Waals surface area contributed by atoms with Gasteiger partial charge >= 0.3 is 0 Å². The van der Waals surface area contributed by atoms with Crippen LogP contribution in [-0.2, 0) is 10.0 Å². The highest BCUT2D eigenvalue weighted by molar-refractivity contribution is 9.10. The number of anilines is 1. The molecule has 0 aliphatic rings. The number of aromatic amines is 1. The average molecular weight is 618 g/mol. The molecule has 0 bridgehead atoms. The predicted molar refractivity (Wildman–Crippen MR) is 147 cm³/mol. The van der Waals surface area contributed by atoms with Crippen LogP contribution in [-0.4, -0.2) is 24.4 Å². The first-order valence-corrected chi connectivity index (χ1v) is 13.6. The molecule has 4 aromatic rings. The number of aliphatic imine (C=N–C) groups is 1. The first kappa shape index (κ1) is 25.2. The van der Waals surface area contributed by atoms with Gasteiger partial charge in [-0.3, -0.25) is 19.6 Å². The number of benzene rings is 3. The predicted octanol–water partition coefficient (Wildman–Crippen LogP) is 6.17. The quantitative estimate of drug-likeness (QED) is 0.253. The minimum atomic E-state index is -3.74. The highest BCUT2D eigenvalue weighted by Crippen LogP contribution is 2.25. The molecule has 0 saturated carbocycles. The van der Waals surface area contributed by atoms with Crippen LogP contribution in [0.15, 0.2) is 84.3 Å². The molecule has 10 heteroatoms. The van der Waals surface area contributed by atoms with E-state index in [1.807, 2.05) is 32.9 Å². The molecule has 4 rings (SSSR count). The van der Waals surface area contributed by atoms with Gasteiger partial charge in [0.2, 0.25) is 0 Å². The van der Waals surface area contributed by atoms with Crippen molar-refractivity contribution >= 4 is 59.5 Å². The van der Waals surface area contributed by atoms with Gasteiger partial charge < -0.3 is 0 Å². The zero-order chi connectivity index (χ0) is 25.3. The molecular weight excluding hydrogens is 596 g/mol. The van der Waals surface area contributed by atoms with Gasteiger partial charge in [0.05, 0.1) is 21.8 Å². The van der Waals surface area contributed by atoms with E-state index in [4.69, 9.17) is 0 Å². The Morgan fingerprint density at radius 3 is 2.23 bits per heavy atom. The molecular formula is C25H22Br2N4O3S. The van der Waals surface area contributed by atoms with Crippen molar-refractivity contribution in [3.8, 4) is 5.69 Å². The van der Waals surface area contributed by atoms with Crippen LogP contribution in [0.5, 0.6) is 0 Å². The Balaban J connectivity index is 1.57. The van der Waals surface area contributed by atoms with E-state index in [-0.39, 0.29) is 10.5 Å². The third-order valence-electron chi connectivity index (χ3n) is 5.64. The maximum Gasteiger partial charge on any atom is 0.280 e. The van der Waals surface area contributed by atoms with Crippen LogP contribution >= 0.6 is 31.9 Å². The van der Waals surface area contributed by atoms with E-state index in [1.54, 1.807) is 36.4 Å². The lowest BCUT2D eigenvalue weighted by Gasteiger charge is -2.10. The second-order valence-corrected chi connectivity index (χ2v) is 11.4. The van der Waals surface area contributed by atoms with Gasteiger partial charge in [-0.2, -0.15) is 0 Å². The second-order valence-electron chi connectivity index (χ2n) is 7.97. The van der Waals surface area contributed by atoms with Gasteiger partial charge in [-0.05, 0) is 92.6 Å². The van der Waals surface area contributed by atoms with Crippen molar-refractivity contribution in [3.63, 3.8) is 0 Å². The molecule has 35 heavy (non-hydrogen) atoms. The molecule has 1 heterocycles. The number of nitrogens with zero attached hydrogens (tertiary/aromatic N) is 2. The summed E-state index contributed by atoms with van der Waals surface area (Å²) in [5.74, 6) is 0. The zero-order valence-corrected chi connectivity index (χ0v) is 23.1. The van der Waals surface area contributed by atoms with Crippen LogP contribution in [0, 0.1) is 20.8 Å². The maximum absolute atomic E-state index is 13.1. The van der Waals surface area contributed by atoms with Crippen molar-refractivity contribution < 1.29 is 8.42 Å². The summed E-state index contributed by atoms with van der Waals surface area (Å²) in [6.07, 6.45) is 1.50. The molecule has 0 aliphatic heterocycles. The first-order chi connectivity index (χ1) is 16.6. The fraction of sp³-hybridized carbons (Fsp3) is 0.120. The molecule has 3 aromatic carbocycles. The van der Waals surface area contributed by atoms with Crippen molar-refractivity contribution in [1.29, 1.82) is 0 Å². The molecule has 0 unspecified atom stereocenters. The fourth-order valence-electron chi connectivity index (χ4n) is 3.48. The van der Waals surface area contributed by atoms with Gasteiger partial charge in [0.1, 0.15) is 0 Å². The minimum absolute atomic E-state index is 0.112. The van der Waals surface area contributed by atoms with Crippen LogP contribution in [0.1, 0.15) is 22.4 Å². The number of sulfonamides is 1. The monoisotopic (exact) mass is 616 g/mol. The minimum Gasteiger partial charge on any atom is -0.295 e. The molecule has 0 amide bonds. The van der Waals surface area contributed by atoms with E-state index in [2.05, 4.69) is 46.7 Å². The molecule has 0 saturated heterocycles. The molecule has 2 N–H and O–H groups in total. The lowest BCUT2D eigenvalue weighted by Crippen LogP contribution is -2.18. The zero-order valence-electron chi connectivity index (χ0n) is 19.1. The number of aromatic nitrogens is 2. The summed E-state index contributed by atoms with van der Waals surface area (Å²) in [6.45, 7) is 5.77. The second kappa shape index (κ2) is 9.96. The number of hydrogen-bond acceptors (Lipinski definition) is 4. The Hall–Kier alpha value is -2.95. The number of nitrogens with one attached hydrogen (secondary N) is 2. The van der Waals surface area contributed by atoms with Crippen molar-refractivity contribution in [1.82, 2.24) is 9.78 Å². The lowest BCUT2D eigenvalue weighted by atomic mass is 10.1. The Labute approximate surface area is 220 Å². The Bertz CT molecular complexity index is 1590. The maximum atomic E-state index is 13.1. The summed E-state index contributed by atoms with van der Waals surface area (Å²) in [5, 5.41) is 3.12. The molecule has 0 radical (unpaired) electrons. The highest BCUT2D eigenvalue weighted by Gasteiger charge is 2.15. The summed E-state index contributed by atoms with van der Waals surface area (Å²) >= 11 is 6.84. The van der Waals surface area contributed by atoms with E-state index >= 15 is 0 Å². The van der Waals surface area contributed by atoms with Crippen LogP contribution in [0.4, 0.5) is 11.4 Å². The Kier molecular flexibility index (Phi) is 7.16. The van der Waals surface area contributed by atoms with Crippen molar-refractivity contribution in [2.45, 2.75) is 25.7 Å². The van der Waals surface area contributed by atoms with E-state index in [0.717, 1.165) is 25.8 Å². The average Bonchev–Trinajstić information content (AvgIpc) is 3.11. The number of halogens is 2. The van der Waals surface area contributed by atoms with Gasteiger partial charge in [-0.25, -0.2) is 13.1 Å². The third kappa shape index (κ3) is 5.34. The largest absolute Gasteiger partial charge is 0.295 e. The van der Waals surface area contributed by atoms with E-state index in [9.17, 15) is 13.2 Å². The summed E-state index contributed by atoms with van der Waals surface area (Å²) in [7, 11) is -3.74. The van der Waals surface area contributed by atoms with E-state index in [1.165, 1.54) is 23.0 Å². The van der Waals surface area contributed by atoms with Gasteiger partial charge in [0.25, 0.3) is 15.6 Å². The standard InChI is InChI=1S/C25H22Br2N4O3S/c1-15-16(2)24(13-12-23(15)27)31-25(32)22(17(3)29-31)14-28-19-8-10-21(11-9-19)35(33,34)30-20-6-4-18(26)5-7-20/h4-14,29-30H,1-3H3. The first-order valence-electron chi connectivity index (χ1n) is 10.6. The normalized spacial score (nSPS) is 11.8. The van der Waals surface area contributed by atoms with Crippen molar-refractivity contribution in [2.75, 3.05) is 4.72 Å². The Morgan fingerprint density at radius 1 is 0.914 bits per heavy atom. The fourth-order valence-corrected chi connectivity index (χ4v) is 5.23. The number of H-pyrrole nitrogens is 1. The molecule has 1 aromatic heterocycles. The highest BCUT2D eigenvalue weighted by atomic mass is 79.9. The molecule has 0 atom stereocenters. The van der Waals surface area contributed by atoms with Crippen LogP contribution < -0.4 is 10.3 Å². The SMILES string of the molecule is Cc1[nH]n(-c2ccc(Br)c(C)c2C)c(=O)c1C=Nc1ccc(S(=O)(=O)Nc2ccc(Br)cc2)cc1. The summed E-state index contributed by atoms with van der Waals surface area (Å²) in [4.78, 5) is 17.6. The van der Waals surface area contributed by atoms with Gasteiger partial charge in [0.15, 0.2) is 0 Å². The van der Waals surface area contributed by atoms with E-state index in [0.29, 0.717) is 22.6 Å². The molecule has 180 valence electrons. The van der Waals surface area contributed by atoms with E-state index < -0.39 is 10.0 Å². The molecule has 0 spiro atoms. The van der Waals surface area contributed by atoms with Crippen molar-refractivity contribution in [2.24, 2.45) is 4.99 Å². The smallest absolute Gasteiger partial charge is 0.280 e. The summed E-state index contributed by atoms with van der Waals surface area (Å²) < 4.78 is 31.2. The summed E-state index contributed by atoms with van der Waals surface area (Å²) in [5.41, 5.74) is 4.69. The topological polar surface area (TPSA) is 96.3 Å². The lowest BCUT2D eigenvalue weighted by molar-refractivity contribution is 0.601. The third-order valence-corrected chi connectivity index (χ3v) is 8.42. The number of rotatable bonds is 6. The van der Waals surface area contributed by atoms with Crippen LogP contribution in [0.2, 0.25) is 0 Å². The van der Waals surface area contributed by atoms with Gasteiger partial charge in [0, 0.05) is 26.5 Å². The molecule has 0 fully saturated rings. The molecule has 0 aliphatic carbocycles.